The Morgan fingerprint density at radius 1 is 0.526 bits per heavy atom. The third-order valence-corrected chi connectivity index (χ3v) is 6.85. The van der Waals surface area contributed by atoms with Crippen molar-refractivity contribution < 1.29 is 19.2 Å². The molecule has 0 saturated heterocycles. The van der Waals surface area contributed by atoms with Crippen LogP contribution in [0.4, 0.5) is 0 Å². The van der Waals surface area contributed by atoms with E-state index in [2.05, 4.69) is 65.8 Å². The van der Waals surface area contributed by atoms with Gasteiger partial charge in [-0.05, 0) is 0 Å². The van der Waals surface area contributed by atoms with Crippen molar-refractivity contribution in [1.82, 2.24) is 0 Å². The summed E-state index contributed by atoms with van der Waals surface area (Å²) in [5.74, 6) is 0. The molecule has 2 rings (SSSR count). The van der Waals surface area contributed by atoms with E-state index < -0.39 is 0 Å². The molecule has 0 saturated carbocycles. The van der Waals surface area contributed by atoms with Crippen LogP contribution in [0.2, 0.25) is 0 Å². The average Bonchev–Trinajstić information content (AvgIpc) is 2.25. The van der Waals surface area contributed by atoms with Crippen LogP contribution in [-0.4, -0.2) is 0 Å². The summed E-state index contributed by atoms with van der Waals surface area (Å²) in [7, 11) is 0. The normalized spacial score (nSPS) is 10.6. The van der Waals surface area contributed by atoms with Gasteiger partial charge in [0.15, 0.2) is 0 Å². The Kier molecular flexibility index (Phi) is 4.33. The second-order valence-corrected chi connectivity index (χ2v) is 7.62. The topological polar surface area (TPSA) is 0 Å². The summed E-state index contributed by atoms with van der Waals surface area (Å²) in [4.78, 5) is 0. The molecule has 19 heavy (non-hydrogen) atoms. The molecule has 0 bridgehead atoms. The van der Waals surface area contributed by atoms with Crippen molar-refractivity contribution in [3.8, 4) is 0 Å². The van der Waals surface area contributed by atoms with E-state index in [4.69, 9.17) is 0 Å². The molecule has 0 atom stereocenters. The molecule has 0 nitrogen and oxygen atoms in total. The van der Waals surface area contributed by atoms with Crippen LogP contribution in [0.3, 0.4) is 0 Å². The average molecular weight is 286 g/mol. The second kappa shape index (κ2) is 5.65. The first-order valence-electron chi connectivity index (χ1n) is 6.81. The van der Waals surface area contributed by atoms with Crippen LogP contribution in [0.5, 0.6) is 0 Å². The molecule has 2 aromatic rings. The second-order valence-electron chi connectivity index (χ2n) is 5.67. The number of hydrogen-bond acceptors (Lipinski definition) is 0. The van der Waals surface area contributed by atoms with Crippen LogP contribution in [-0.2, 0) is 19.2 Å². The quantitative estimate of drug-likeness (QED) is 0.740. The van der Waals surface area contributed by atoms with E-state index in [0.29, 0.717) is 0 Å². The fraction of sp³-hybridized carbons (Fsp3) is 0.333. The Morgan fingerprint density at radius 3 is 1.05 bits per heavy atom. The minimum absolute atomic E-state index is 0.239. The fourth-order valence-electron chi connectivity index (χ4n) is 2.88. The molecule has 0 heterocycles. The van der Waals surface area contributed by atoms with E-state index in [-0.39, 0.29) is 19.2 Å². The Morgan fingerprint density at radius 2 is 0.789 bits per heavy atom. The van der Waals surface area contributed by atoms with Crippen molar-refractivity contribution in [2.75, 3.05) is 0 Å². The minimum atomic E-state index is -0.239. The Bertz CT molecular complexity index is 522. The van der Waals surface area contributed by atoms with E-state index in [0.717, 1.165) is 0 Å². The van der Waals surface area contributed by atoms with Crippen molar-refractivity contribution in [2.45, 2.75) is 41.5 Å². The molecule has 0 aliphatic rings. The van der Waals surface area contributed by atoms with Crippen LogP contribution in [0.25, 0.3) is 0 Å². The first-order valence-corrected chi connectivity index (χ1v) is 8.37. The van der Waals surface area contributed by atoms with Gasteiger partial charge in [-0.15, -0.1) is 0 Å². The van der Waals surface area contributed by atoms with Crippen LogP contribution in [0.15, 0.2) is 24.3 Å². The first-order chi connectivity index (χ1) is 8.88. The van der Waals surface area contributed by atoms with Gasteiger partial charge in [0, 0.05) is 0 Å². The molecule has 0 aromatic heterocycles. The summed E-state index contributed by atoms with van der Waals surface area (Å²) >= 11 is -0.239. The van der Waals surface area contributed by atoms with E-state index in [1.165, 1.54) is 33.4 Å². The molecule has 1 heteroatoms. The summed E-state index contributed by atoms with van der Waals surface area (Å²) in [6.07, 6.45) is 0. The van der Waals surface area contributed by atoms with Gasteiger partial charge in [-0.1, -0.05) is 0 Å². The van der Waals surface area contributed by atoms with Gasteiger partial charge >= 0.3 is 126 Å². The molecular weight excluding hydrogens is 264 g/mol. The van der Waals surface area contributed by atoms with Crippen molar-refractivity contribution in [3.63, 3.8) is 0 Å². The van der Waals surface area contributed by atoms with Gasteiger partial charge in [0.1, 0.15) is 0 Å². The van der Waals surface area contributed by atoms with Crippen LogP contribution < -0.4 is 7.74 Å². The SMILES string of the molecule is Cc1cc(C)[c]([Ti][c]2c(C)cc(C)cc2C)c(C)c1. The van der Waals surface area contributed by atoms with E-state index >= 15 is 0 Å². The predicted molar refractivity (Wildman–Crippen MR) is 80.6 cm³/mol. The van der Waals surface area contributed by atoms with Crippen molar-refractivity contribution >= 4 is 7.74 Å². The van der Waals surface area contributed by atoms with Crippen LogP contribution >= 0.6 is 0 Å². The van der Waals surface area contributed by atoms with Gasteiger partial charge in [0.2, 0.25) is 0 Å². The van der Waals surface area contributed by atoms with E-state index in [1.807, 2.05) is 0 Å². The van der Waals surface area contributed by atoms with Gasteiger partial charge in [-0.2, -0.15) is 0 Å². The summed E-state index contributed by atoms with van der Waals surface area (Å²) < 4.78 is 3.22. The number of benzene rings is 2. The summed E-state index contributed by atoms with van der Waals surface area (Å²) in [5, 5.41) is 0. The van der Waals surface area contributed by atoms with Gasteiger partial charge in [0.05, 0.1) is 0 Å². The predicted octanol–water partition coefficient (Wildman–Crippen LogP) is 3.57. The third kappa shape index (κ3) is 3.19. The monoisotopic (exact) mass is 286 g/mol. The number of rotatable bonds is 2. The molecule has 0 aliphatic carbocycles. The molecule has 0 N–H and O–H groups in total. The molecule has 0 amide bonds. The third-order valence-electron chi connectivity index (χ3n) is 3.60. The maximum atomic E-state index is 2.32. The van der Waals surface area contributed by atoms with Gasteiger partial charge in [-0.25, -0.2) is 0 Å². The molecule has 0 unspecified atom stereocenters. The zero-order valence-electron chi connectivity index (χ0n) is 12.8. The Balaban J connectivity index is 2.48. The maximum absolute atomic E-state index is 2.32. The molecular formula is C18H22Ti. The summed E-state index contributed by atoms with van der Waals surface area (Å²) in [5.41, 5.74) is 8.63. The number of hydrogen-bond donors (Lipinski definition) is 0. The van der Waals surface area contributed by atoms with Gasteiger partial charge in [-0.3, -0.25) is 0 Å². The zero-order chi connectivity index (χ0) is 14.2. The van der Waals surface area contributed by atoms with Crippen molar-refractivity contribution in [2.24, 2.45) is 0 Å². The Labute approximate surface area is 126 Å². The number of aryl methyl sites for hydroxylation is 6. The molecule has 0 fully saturated rings. The molecule has 0 aliphatic heterocycles. The van der Waals surface area contributed by atoms with Gasteiger partial charge < -0.3 is 0 Å². The summed E-state index contributed by atoms with van der Waals surface area (Å²) in [6, 6.07) is 9.30. The van der Waals surface area contributed by atoms with E-state index in [9.17, 15) is 0 Å². The Hall–Kier alpha value is -0.846. The van der Waals surface area contributed by atoms with Gasteiger partial charge in [0.25, 0.3) is 0 Å². The summed E-state index contributed by atoms with van der Waals surface area (Å²) in [6.45, 7) is 13.4. The molecule has 0 spiro atoms. The van der Waals surface area contributed by atoms with Crippen molar-refractivity contribution in [1.29, 1.82) is 0 Å². The molecule has 98 valence electrons. The molecule has 2 aromatic carbocycles. The van der Waals surface area contributed by atoms with Crippen molar-refractivity contribution in [3.05, 3.63) is 57.6 Å². The fourth-order valence-corrected chi connectivity index (χ4v) is 4.95. The standard InChI is InChI=1S/2C9H11.Ti/c2*1-7-4-8(2)6-9(3)5-7;/h2*4-5H,1-3H3;. The molecule has 0 radical (unpaired) electrons. The zero-order valence-corrected chi connectivity index (χ0v) is 14.4. The van der Waals surface area contributed by atoms with Crippen LogP contribution in [0, 0.1) is 41.5 Å². The van der Waals surface area contributed by atoms with E-state index in [1.54, 1.807) is 7.74 Å². The first kappa shape index (κ1) is 14.6. The van der Waals surface area contributed by atoms with Crippen LogP contribution in [0.1, 0.15) is 33.4 Å².